The molecule has 2 saturated heterocycles. The number of carbonyl (C=O) groups is 2. The molecule has 24 heavy (non-hydrogen) atoms. The Morgan fingerprint density at radius 3 is 2.83 bits per heavy atom. The Balaban J connectivity index is 1.43. The van der Waals surface area contributed by atoms with Crippen molar-refractivity contribution < 1.29 is 28.9 Å². The molecule has 3 heterocycles. The zero-order chi connectivity index (χ0) is 16.9. The summed E-state index contributed by atoms with van der Waals surface area (Å²) in [6.07, 6.45) is 1.14. The minimum absolute atomic E-state index is 0.108. The average Bonchev–Trinajstić information content (AvgIpc) is 3.12. The number of aliphatic carboxylic acids is 1. The van der Waals surface area contributed by atoms with Crippen molar-refractivity contribution in [1.82, 2.24) is 5.32 Å². The molecule has 0 spiro atoms. The van der Waals surface area contributed by atoms with Gasteiger partial charge >= 0.3 is 5.97 Å². The molecule has 1 unspecified atom stereocenters. The van der Waals surface area contributed by atoms with Crippen LogP contribution in [-0.4, -0.2) is 48.9 Å². The van der Waals surface area contributed by atoms with Gasteiger partial charge in [0.2, 0.25) is 0 Å². The van der Waals surface area contributed by atoms with Crippen LogP contribution in [0.5, 0.6) is 11.5 Å². The highest BCUT2D eigenvalue weighted by Crippen LogP contribution is 2.58. The first-order valence-electron chi connectivity index (χ1n) is 7.95. The summed E-state index contributed by atoms with van der Waals surface area (Å²) in [6.45, 7) is 0.455. The molecular weight excluding hydrogens is 314 g/mol. The molecule has 7 heteroatoms. The van der Waals surface area contributed by atoms with E-state index >= 15 is 0 Å². The number of methoxy groups -OCH3 is 1. The monoisotopic (exact) mass is 333 g/mol. The zero-order valence-electron chi connectivity index (χ0n) is 13.3. The summed E-state index contributed by atoms with van der Waals surface area (Å²) < 4.78 is 16.6. The average molecular weight is 333 g/mol. The van der Waals surface area contributed by atoms with Gasteiger partial charge in [0.25, 0.3) is 5.91 Å². The topological polar surface area (TPSA) is 94.1 Å². The molecule has 0 radical (unpaired) electrons. The SMILES string of the molecule is COc1cccc2c1OCC(NC(=O)C13CC(C(=O)O)(CO1)C3)C2. The standard InChI is InChI=1S/C17H19NO6/c1-22-12-4-2-3-10-5-11(6-23-13(10)12)18-14(19)17-7-16(8-17,9-24-17)15(20)21/h2-4,11H,5-9H2,1H3,(H,18,19)(H,20,21). The van der Waals surface area contributed by atoms with Crippen LogP contribution in [0.15, 0.2) is 18.2 Å². The van der Waals surface area contributed by atoms with Crippen molar-refractivity contribution in [3.8, 4) is 11.5 Å². The highest BCUT2D eigenvalue weighted by molar-refractivity contribution is 5.92. The summed E-state index contributed by atoms with van der Waals surface area (Å²) in [6, 6.07) is 5.50. The number of carboxylic acid groups (broad SMARTS) is 1. The third-order valence-corrected chi connectivity index (χ3v) is 5.25. The molecule has 1 aromatic rings. The number of nitrogens with one attached hydrogen (secondary N) is 1. The number of carbonyl (C=O) groups excluding carboxylic acids is 1. The summed E-state index contributed by atoms with van der Waals surface area (Å²) in [5.74, 6) is 0.275. The van der Waals surface area contributed by atoms with Gasteiger partial charge in [0.15, 0.2) is 11.5 Å². The van der Waals surface area contributed by atoms with E-state index in [1.165, 1.54) is 0 Å². The molecule has 2 bridgehead atoms. The lowest BCUT2D eigenvalue weighted by molar-refractivity contribution is -0.159. The van der Waals surface area contributed by atoms with Gasteiger partial charge in [-0.2, -0.15) is 0 Å². The van der Waals surface area contributed by atoms with E-state index in [0.717, 1.165) is 5.56 Å². The van der Waals surface area contributed by atoms with E-state index in [-0.39, 0.29) is 31.4 Å². The fourth-order valence-corrected chi connectivity index (χ4v) is 3.93. The van der Waals surface area contributed by atoms with Gasteiger partial charge in [0.1, 0.15) is 12.2 Å². The summed E-state index contributed by atoms with van der Waals surface area (Å²) >= 11 is 0. The van der Waals surface area contributed by atoms with E-state index in [2.05, 4.69) is 5.32 Å². The second-order valence-corrected chi connectivity index (χ2v) is 6.86. The number of hydrogen-bond donors (Lipinski definition) is 2. The van der Waals surface area contributed by atoms with E-state index in [1.54, 1.807) is 7.11 Å². The summed E-state index contributed by atoms with van der Waals surface area (Å²) in [4.78, 5) is 23.8. The minimum atomic E-state index is -0.979. The molecule has 7 nitrogen and oxygen atoms in total. The normalized spacial score (nSPS) is 33.0. The summed E-state index contributed by atoms with van der Waals surface area (Å²) in [5, 5.41) is 12.2. The number of ether oxygens (including phenoxy) is 3. The quantitative estimate of drug-likeness (QED) is 0.844. The number of benzene rings is 1. The third-order valence-electron chi connectivity index (χ3n) is 5.25. The first-order valence-corrected chi connectivity index (χ1v) is 7.95. The number of rotatable bonds is 4. The van der Waals surface area contributed by atoms with Crippen molar-refractivity contribution in [3.63, 3.8) is 0 Å². The van der Waals surface area contributed by atoms with Gasteiger partial charge in [-0.15, -0.1) is 0 Å². The molecule has 1 atom stereocenters. The van der Waals surface area contributed by atoms with Crippen molar-refractivity contribution in [2.45, 2.75) is 30.9 Å². The molecule has 0 aromatic heterocycles. The molecule has 128 valence electrons. The van der Waals surface area contributed by atoms with E-state index in [4.69, 9.17) is 14.2 Å². The van der Waals surface area contributed by atoms with Crippen LogP contribution >= 0.6 is 0 Å². The lowest BCUT2D eigenvalue weighted by atomic mass is 9.62. The van der Waals surface area contributed by atoms with Gasteiger partial charge in [0.05, 0.1) is 25.2 Å². The lowest BCUT2D eigenvalue weighted by Crippen LogP contribution is -2.59. The van der Waals surface area contributed by atoms with Crippen LogP contribution in [0.4, 0.5) is 0 Å². The Kier molecular flexibility index (Phi) is 3.25. The molecule has 5 rings (SSSR count). The number of hydrogen-bond acceptors (Lipinski definition) is 5. The highest BCUT2D eigenvalue weighted by Gasteiger charge is 2.70. The predicted octanol–water partition coefficient (Wildman–Crippen LogP) is 0.749. The van der Waals surface area contributed by atoms with E-state index in [0.29, 0.717) is 24.5 Å². The van der Waals surface area contributed by atoms with Crippen LogP contribution < -0.4 is 14.8 Å². The number of fused-ring (bicyclic) bond motifs is 2. The van der Waals surface area contributed by atoms with Crippen LogP contribution in [0.2, 0.25) is 0 Å². The Hall–Kier alpha value is -2.28. The van der Waals surface area contributed by atoms with Gasteiger partial charge in [-0.3, -0.25) is 9.59 Å². The Morgan fingerprint density at radius 1 is 1.38 bits per heavy atom. The molecule has 3 fully saturated rings. The van der Waals surface area contributed by atoms with Gasteiger partial charge in [0, 0.05) is 18.4 Å². The Morgan fingerprint density at radius 2 is 2.17 bits per heavy atom. The predicted molar refractivity (Wildman–Crippen MR) is 82.1 cm³/mol. The second kappa shape index (κ2) is 5.11. The molecule has 3 aliphatic heterocycles. The van der Waals surface area contributed by atoms with Crippen molar-refractivity contribution >= 4 is 11.9 Å². The summed E-state index contributed by atoms with van der Waals surface area (Å²) in [7, 11) is 1.59. The van der Waals surface area contributed by atoms with Gasteiger partial charge in [-0.25, -0.2) is 0 Å². The largest absolute Gasteiger partial charge is 0.493 e. The van der Waals surface area contributed by atoms with Crippen LogP contribution in [-0.2, 0) is 20.7 Å². The minimum Gasteiger partial charge on any atom is -0.493 e. The Labute approximate surface area is 138 Å². The number of amides is 1. The molecule has 2 N–H and O–H groups in total. The number of carboxylic acids is 1. The third kappa shape index (κ3) is 2.07. The highest BCUT2D eigenvalue weighted by atomic mass is 16.5. The van der Waals surface area contributed by atoms with Crippen molar-refractivity contribution in [3.05, 3.63) is 23.8 Å². The molecular formula is C17H19NO6. The maximum absolute atomic E-state index is 12.6. The molecule has 1 saturated carbocycles. The smallest absolute Gasteiger partial charge is 0.312 e. The zero-order valence-corrected chi connectivity index (χ0v) is 13.3. The van der Waals surface area contributed by atoms with Crippen molar-refractivity contribution in [1.29, 1.82) is 0 Å². The van der Waals surface area contributed by atoms with Gasteiger partial charge in [-0.05, 0) is 12.5 Å². The maximum Gasteiger partial charge on any atom is 0.312 e. The summed E-state index contributed by atoms with van der Waals surface area (Å²) in [5.41, 5.74) is -0.878. The van der Waals surface area contributed by atoms with Crippen LogP contribution in [0, 0.1) is 5.41 Å². The lowest BCUT2D eigenvalue weighted by Gasteiger charge is -2.41. The van der Waals surface area contributed by atoms with E-state index in [9.17, 15) is 14.7 Å². The van der Waals surface area contributed by atoms with E-state index < -0.39 is 17.0 Å². The fraction of sp³-hybridized carbons (Fsp3) is 0.529. The van der Waals surface area contributed by atoms with Crippen LogP contribution in [0.3, 0.4) is 0 Å². The van der Waals surface area contributed by atoms with Crippen LogP contribution in [0.1, 0.15) is 18.4 Å². The van der Waals surface area contributed by atoms with Gasteiger partial charge in [-0.1, -0.05) is 12.1 Å². The first kappa shape index (κ1) is 15.3. The maximum atomic E-state index is 12.6. The molecule has 1 aromatic carbocycles. The van der Waals surface area contributed by atoms with Crippen molar-refractivity contribution in [2.75, 3.05) is 20.3 Å². The number of para-hydroxylation sites is 1. The van der Waals surface area contributed by atoms with Crippen molar-refractivity contribution in [2.24, 2.45) is 5.41 Å². The van der Waals surface area contributed by atoms with Crippen LogP contribution in [0.25, 0.3) is 0 Å². The Bertz CT molecular complexity index is 709. The molecule has 1 amide bonds. The second-order valence-electron chi connectivity index (χ2n) is 6.86. The first-order chi connectivity index (χ1) is 11.5. The molecule has 4 aliphatic rings. The molecule has 1 aliphatic carbocycles. The fourth-order valence-electron chi connectivity index (χ4n) is 3.93. The van der Waals surface area contributed by atoms with E-state index in [1.807, 2.05) is 18.2 Å². The van der Waals surface area contributed by atoms with Gasteiger partial charge < -0.3 is 24.6 Å².